The summed E-state index contributed by atoms with van der Waals surface area (Å²) >= 11 is 0. The molecule has 0 radical (unpaired) electrons. The van der Waals surface area contributed by atoms with Crippen LogP contribution in [0.3, 0.4) is 0 Å². The van der Waals surface area contributed by atoms with Crippen molar-refractivity contribution < 1.29 is 18.2 Å². The Morgan fingerprint density at radius 2 is 1.75 bits per heavy atom. The van der Waals surface area contributed by atoms with Crippen LogP contribution in [0.1, 0.15) is 0 Å². The Balaban J connectivity index is 3.00. The summed E-state index contributed by atoms with van der Waals surface area (Å²) in [7, 11) is -0.614. The van der Waals surface area contributed by atoms with Crippen molar-refractivity contribution in [1.29, 1.82) is 0 Å². The highest BCUT2D eigenvalue weighted by Gasteiger charge is 2.09. The summed E-state index contributed by atoms with van der Waals surface area (Å²) in [6.07, 6.45) is 0. The van der Waals surface area contributed by atoms with Gasteiger partial charge in [-0.3, -0.25) is 0 Å². The monoisotopic (exact) mass is 192 g/mol. The van der Waals surface area contributed by atoms with Crippen molar-refractivity contribution >= 4 is 13.7 Å². The molecular formula is C7H7F2O2P. The summed E-state index contributed by atoms with van der Waals surface area (Å²) in [5, 5.41) is 0.130. The lowest BCUT2D eigenvalue weighted by molar-refractivity contribution is 0.400. The molecule has 0 bridgehead atoms. The van der Waals surface area contributed by atoms with Gasteiger partial charge in [-0.25, -0.2) is 8.78 Å². The topological polar surface area (TPSA) is 29.5 Å². The maximum atomic E-state index is 12.5. The maximum Gasteiger partial charge on any atom is 0.202 e. The summed E-state index contributed by atoms with van der Waals surface area (Å²) in [4.78, 5) is 9.09. The molecule has 2 nitrogen and oxygen atoms in total. The molecule has 1 unspecified atom stereocenters. The molecule has 1 aromatic rings. The molecule has 0 aliphatic heterocycles. The van der Waals surface area contributed by atoms with Crippen LogP contribution in [0.25, 0.3) is 0 Å². The summed E-state index contributed by atoms with van der Waals surface area (Å²) < 4.78 is 29.6. The van der Waals surface area contributed by atoms with Gasteiger partial charge in [0, 0.05) is 18.5 Å². The lowest BCUT2D eigenvalue weighted by atomic mass is 10.3. The predicted molar refractivity (Wildman–Crippen MR) is 42.1 cm³/mol. The fourth-order valence-corrected chi connectivity index (χ4v) is 1.43. The lowest BCUT2D eigenvalue weighted by Gasteiger charge is -2.06. The van der Waals surface area contributed by atoms with E-state index in [4.69, 9.17) is 4.89 Å². The van der Waals surface area contributed by atoms with E-state index in [9.17, 15) is 8.78 Å². The van der Waals surface area contributed by atoms with E-state index in [0.29, 0.717) is 0 Å². The van der Waals surface area contributed by atoms with Gasteiger partial charge in [0.25, 0.3) is 0 Å². The first-order valence-corrected chi connectivity index (χ1v) is 4.34. The van der Waals surface area contributed by atoms with E-state index in [1.54, 1.807) is 0 Å². The SMILES string of the molecule is COP(O)c1cc(F)cc(F)c1. The highest BCUT2D eigenvalue weighted by Crippen LogP contribution is 2.28. The van der Waals surface area contributed by atoms with Crippen LogP contribution in [-0.4, -0.2) is 12.0 Å². The van der Waals surface area contributed by atoms with Crippen LogP contribution in [0.5, 0.6) is 0 Å². The van der Waals surface area contributed by atoms with Crippen molar-refractivity contribution in [2.45, 2.75) is 0 Å². The minimum Gasteiger partial charge on any atom is -0.346 e. The number of rotatable bonds is 2. The molecule has 0 saturated heterocycles. The molecule has 12 heavy (non-hydrogen) atoms. The summed E-state index contributed by atoms with van der Waals surface area (Å²) in [5.74, 6) is -1.44. The van der Waals surface area contributed by atoms with Gasteiger partial charge < -0.3 is 9.42 Å². The normalized spacial score (nSPS) is 13.0. The van der Waals surface area contributed by atoms with Gasteiger partial charge in [0.15, 0.2) is 0 Å². The van der Waals surface area contributed by atoms with E-state index in [1.165, 1.54) is 7.11 Å². The molecule has 5 heteroatoms. The van der Waals surface area contributed by atoms with Gasteiger partial charge in [-0.15, -0.1) is 0 Å². The van der Waals surface area contributed by atoms with Gasteiger partial charge in [0.2, 0.25) is 8.38 Å². The standard InChI is InChI=1S/C7H7F2O2P/c1-11-12(10)7-3-5(8)2-6(9)4-7/h2-4,10H,1H3. The third kappa shape index (κ3) is 2.21. The Morgan fingerprint density at radius 3 is 2.17 bits per heavy atom. The van der Waals surface area contributed by atoms with Gasteiger partial charge in [-0.05, 0) is 12.1 Å². The van der Waals surface area contributed by atoms with Crippen LogP contribution < -0.4 is 5.30 Å². The second-order valence-corrected chi connectivity index (χ2v) is 3.51. The smallest absolute Gasteiger partial charge is 0.202 e. The second-order valence-electron chi connectivity index (χ2n) is 2.08. The third-order valence-electron chi connectivity index (χ3n) is 1.24. The van der Waals surface area contributed by atoms with Crippen molar-refractivity contribution in [2.24, 2.45) is 0 Å². The molecule has 0 spiro atoms. The quantitative estimate of drug-likeness (QED) is 0.720. The minimum atomic E-state index is -1.89. The molecule has 0 fully saturated rings. The minimum absolute atomic E-state index is 0.130. The zero-order valence-electron chi connectivity index (χ0n) is 6.29. The van der Waals surface area contributed by atoms with Crippen molar-refractivity contribution in [3.63, 3.8) is 0 Å². The van der Waals surface area contributed by atoms with Crippen molar-refractivity contribution in [2.75, 3.05) is 7.11 Å². The maximum absolute atomic E-state index is 12.5. The van der Waals surface area contributed by atoms with Crippen molar-refractivity contribution in [3.8, 4) is 0 Å². The zero-order valence-corrected chi connectivity index (χ0v) is 7.19. The molecule has 0 aromatic heterocycles. The van der Waals surface area contributed by atoms with Gasteiger partial charge in [0.1, 0.15) is 11.6 Å². The molecule has 0 saturated carbocycles. The third-order valence-corrected chi connectivity index (χ3v) is 2.29. The first-order chi connectivity index (χ1) is 5.63. The van der Waals surface area contributed by atoms with Crippen LogP contribution in [-0.2, 0) is 4.52 Å². The highest BCUT2D eigenvalue weighted by molar-refractivity contribution is 7.54. The molecule has 0 amide bonds. The first kappa shape index (κ1) is 9.52. The number of halogens is 2. The van der Waals surface area contributed by atoms with Crippen LogP contribution in [0.4, 0.5) is 8.78 Å². The van der Waals surface area contributed by atoms with Crippen molar-refractivity contribution in [1.82, 2.24) is 0 Å². The molecule has 0 heterocycles. The Bertz CT molecular complexity index is 260. The number of hydrogen-bond acceptors (Lipinski definition) is 2. The Kier molecular flexibility index (Phi) is 3.09. The van der Waals surface area contributed by atoms with E-state index in [0.717, 1.165) is 18.2 Å². The number of hydrogen-bond donors (Lipinski definition) is 1. The summed E-state index contributed by atoms with van der Waals surface area (Å²) in [6.45, 7) is 0. The van der Waals surface area contributed by atoms with Gasteiger partial charge in [-0.1, -0.05) is 0 Å². The molecular weight excluding hydrogens is 185 g/mol. The summed E-state index contributed by atoms with van der Waals surface area (Å²) in [5.41, 5.74) is 0. The largest absolute Gasteiger partial charge is 0.346 e. The fraction of sp³-hybridized carbons (Fsp3) is 0.143. The van der Waals surface area contributed by atoms with E-state index in [2.05, 4.69) is 4.52 Å². The van der Waals surface area contributed by atoms with Crippen LogP contribution in [0.15, 0.2) is 18.2 Å². The molecule has 1 atom stereocenters. The Morgan fingerprint density at radius 1 is 1.25 bits per heavy atom. The van der Waals surface area contributed by atoms with Gasteiger partial charge in [-0.2, -0.15) is 0 Å². The predicted octanol–water partition coefficient (Wildman–Crippen LogP) is 1.54. The Labute approximate surface area is 69.7 Å². The van der Waals surface area contributed by atoms with E-state index < -0.39 is 20.0 Å². The first-order valence-electron chi connectivity index (χ1n) is 3.12. The van der Waals surface area contributed by atoms with E-state index in [-0.39, 0.29) is 5.30 Å². The van der Waals surface area contributed by atoms with Crippen LogP contribution in [0, 0.1) is 11.6 Å². The van der Waals surface area contributed by atoms with Crippen LogP contribution in [0.2, 0.25) is 0 Å². The van der Waals surface area contributed by atoms with Gasteiger partial charge >= 0.3 is 0 Å². The van der Waals surface area contributed by atoms with Gasteiger partial charge in [0.05, 0.1) is 0 Å². The molecule has 1 rings (SSSR count). The molecule has 66 valence electrons. The highest BCUT2D eigenvalue weighted by atomic mass is 31.2. The molecule has 1 aromatic carbocycles. The fourth-order valence-electron chi connectivity index (χ4n) is 0.755. The Hall–Kier alpha value is -0.570. The molecule has 0 aliphatic rings. The van der Waals surface area contributed by atoms with E-state index in [1.807, 2.05) is 0 Å². The average Bonchev–Trinajstić information content (AvgIpc) is 2.01. The zero-order chi connectivity index (χ0) is 9.14. The second kappa shape index (κ2) is 3.90. The van der Waals surface area contributed by atoms with Crippen LogP contribution >= 0.6 is 8.38 Å². The number of benzene rings is 1. The molecule has 0 aliphatic carbocycles. The summed E-state index contributed by atoms with van der Waals surface area (Å²) in [6, 6.07) is 2.82. The average molecular weight is 192 g/mol. The van der Waals surface area contributed by atoms with Crippen molar-refractivity contribution in [3.05, 3.63) is 29.8 Å². The lowest BCUT2D eigenvalue weighted by Crippen LogP contribution is -2.03. The molecule has 1 N–H and O–H groups in total. The van der Waals surface area contributed by atoms with E-state index >= 15 is 0 Å².